The quantitative estimate of drug-likeness (QED) is 0.621. The smallest absolute Gasteiger partial charge is 0.255 e. The highest BCUT2D eigenvalue weighted by atomic mass is 16.1. The molecular weight excluding hydrogens is 222 g/mol. The molecule has 0 spiro atoms. The van der Waals surface area contributed by atoms with Gasteiger partial charge in [0.15, 0.2) is 0 Å². The average Bonchev–Trinajstić information content (AvgIpc) is 2.38. The van der Waals surface area contributed by atoms with Crippen LogP contribution in [0.1, 0.15) is 19.4 Å². The highest BCUT2D eigenvalue weighted by Gasteiger charge is 2.04. The van der Waals surface area contributed by atoms with Gasteiger partial charge in [0.25, 0.3) is 5.91 Å². The Bertz CT molecular complexity index is 444. The molecule has 1 aromatic rings. The molecule has 0 saturated carbocycles. The second-order valence-corrected chi connectivity index (χ2v) is 3.39. The molecule has 1 rings (SSSR count). The average molecular weight is 243 g/mol. The Morgan fingerprint density at radius 3 is 2.44 bits per heavy atom. The molecule has 0 unspecified atom stereocenters. The highest BCUT2D eigenvalue weighted by Crippen LogP contribution is 2.11. The van der Waals surface area contributed by atoms with E-state index in [1.807, 2.05) is 45.0 Å². The van der Waals surface area contributed by atoms with E-state index in [4.69, 9.17) is 0 Å². The van der Waals surface area contributed by atoms with Crippen LogP contribution in [-0.2, 0) is 4.79 Å². The van der Waals surface area contributed by atoms with Crippen LogP contribution >= 0.6 is 0 Å². The molecule has 0 heterocycles. The Morgan fingerprint density at radius 2 is 1.94 bits per heavy atom. The molecular formula is C16H21NO. The summed E-state index contributed by atoms with van der Waals surface area (Å²) in [6.45, 7) is 13.1. The van der Waals surface area contributed by atoms with Gasteiger partial charge in [0, 0.05) is 11.3 Å². The number of hydrogen-bond acceptors (Lipinski definition) is 1. The molecule has 0 aliphatic carbocycles. The third-order valence-electron chi connectivity index (χ3n) is 2.06. The fourth-order valence-electron chi connectivity index (χ4n) is 1.29. The number of aryl methyl sites for hydroxylation is 1. The van der Waals surface area contributed by atoms with Gasteiger partial charge in [-0.15, -0.1) is 0 Å². The van der Waals surface area contributed by atoms with Crippen molar-refractivity contribution in [3.8, 4) is 0 Å². The number of hydrogen-bond donors (Lipinski definition) is 1. The largest absolute Gasteiger partial charge is 0.322 e. The minimum Gasteiger partial charge on any atom is -0.322 e. The van der Waals surface area contributed by atoms with E-state index < -0.39 is 0 Å². The van der Waals surface area contributed by atoms with Crippen molar-refractivity contribution >= 4 is 11.6 Å². The zero-order valence-electron chi connectivity index (χ0n) is 11.4. The fraction of sp³-hybridized carbons (Fsp3) is 0.188. The number of carbonyl (C=O) groups excluding carboxylic acids is 1. The van der Waals surface area contributed by atoms with Gasteiger partial charge >= 0.3 is 0 Å². The zero-order chi connectivity index (χ0) is 14.0. The third-order valence-corrected chi connectivity index (χ3v) is 2.06. The molecule has 0 radical (unpaired) electrons. The molecule has 2 nitrogen and oxygen atoms in total. The van der Waals surface area contributed by atoms with Crippen LogP contribution in [0.25, 0.3) is 0 Å². The number of carbonyl (C=O) groups is 1. The molecule has 96 valence electrons. The zero-order valence-corrected chi connectivity index (χ0v) is 11.4. The van der Waals surface area contributed by atoms with E-state index in [1.54, 1.807) is 12.2 Å². The van der Waals surface area contributed by atoms with Crippen molar-refractivity contribution < 1.29 is 4.79 Å². The van der Waals surface area contributed by atoms with Crippen molar-refractivity contribution in [2.45, 2.75) is 20.8 Å². The number of benzene rings is 1. The molecule has 0 atom stereocenters. The van der Waals surface area contributed by atoms with Crippen LogP contribution in [0, 0.1) is 6.92 Å². The Morgan fingerprint density at radius 1 is 1.28 bits per heavy atom. The highest BCUT2D eigenvalue weighted by molar-refractivity contribution is 6.05. The van der Waals surface area contributed by atoms with Crippen LogP contribution in [0.2, 0.25) is 0 Å². The van der Waals surface area contributed by atoms with Gasteiger partial charge < -0.3 is 5.32 Å². The molecule has 18 heavy (non-hydrogen) atoms. The van der Waals surface area contributed by atoms with Gasteiger partial charge in [-0.3, -0.25) is 4.79 Å². The summed E-state index contributed by atoms with van der Waals surface area (Å²) in [6, 6.07) is 7.63. The van der Waals surface area contributed by atoms with Crippen LogP contribution in [0.3, 0.4) is 0 Å². The normalized spacial score (nSPS) is 9.83. The van der Waals surface area contributed by atoms with Gasteiger partial charge in [-0.25, -0.2) is 0 Å². The third kappa shape index (κ3) is 5.30. The Balaban J connectivity index is 0.00000137. The predicted octanol–water partition coefficient (Wildman–Crippen LogP) is 4.26. The maximum absolute atomic E-state index is 11.7. The molecule has 0 aliphatic heterocycles. The lowest BCUT2D eigenvalue weighted by Crippen LogP contribution is -2.13. The van der Waals surface area contributed by atoms with E-state index in [9.17, 15) is 4.79 Å². The van der Waals surface area contributed by atoms with Crippen molar-refractivity contribution in [1.29, 1.82) is 0 Å². The lowest BCUT2D eigenvalue weighted by molar-refractivity contribution is -0.112. The van der Waals surface area contributed by atoms with Crippen molar-refractivity contribution in [2.75, 3.05) is 5.32 Å². The fourth-order valence-corrected chi connectivity index (χ4v) is 1.29. The summed E-state index contributed by atoms with van der Waals surface area (Å²) in [5.41, 5.74) is 2.38. The van der Waals surface area contributed by atoms with Gasteiger partial charge in [-0.2, -0.15) is 0 Å². The maximum Gasteiger partial charge on any atom is 0.255 e. The van der Waals surface area contributed by atoms with Crippen molar-refractivity contribution in [2.24, 2.45) is 0 Å². The first-order chi connectivity index (χ1) is 8.67. The van der Waals surface area contributed by atoms with Crippen LogP contribution in [0.4, 0.5) is 5.69 Å². The predicted molar refractivity (Wildman–Crippen MR) is 79.6 cm³/mol. The summed E-state index contributed by atoms with van der Waals surface area (Å²) in [7, 11) is 0. The van der Waals surface area contributed by atoms with Gasteiger partial charge in [0.05, 0.1) is 0 Å². The lowest BCUT2D eigenvalue weighted by Gasteiger charge is -2.05. The second kappa shape index (κ2) is 8.99. The van der Waals surface area contributed by atoms with Crippen LogP contribution in [-0.4, -0.2) is 5.91 Å². The monoisotopic (exact) mass is 243 g/mol. The minimum absolute atomic E-state index is 0.180. The summed E-state index contributed by atoms with van der Waals surface area (Å²) in [5, 5.41) is 2.79. The first-order valence-corrected chi connectivity index (χ1v) is 6.00. The standard InChI is InChI=1S/C14H15NO.C2H6/c1-4-7-12(5-2)14(16)15-13-9-6-8-11(3)10-13;1-2/h4-10H,1-2H2,3H3,(H,15,16);1-2H3/b12-7+;. The van der Waals surface area contributed by atoms with Crippen LogP contribution in [0.5, 0.6) is 0 Å². The SMILES string of the molecule is C=C/C=C(\C=C)C(=O)Nc1cccc(C)c1.CC. The number of amides is 1. The van der Waals surface area contributed by atoms with E-state index in [-0.39, 0.29) is 5.91 Å². The summed E-state index contributed by atoms with van der Waals surface area (Å²) >= 11 is 0. The second-order valence-electron chi connectivity index (χ2n) is 3.39. The number of nitrogens with one attached hydrogen (secondary N) is 1. The summed E-state index contributed by atoms with van der Waals surface area (Å²) in [6.07, 6.45) is 4.69. The first kappa shape index (κ1) is 15.9. The van der Waals surface area contributed by atoms with E-state index in [0.717, 1.165) is 11.3 Å². The molecule has 1 aromatic carbocycles. The number of anilines is 1. The molecule has 1 amide bonds. The maximum atomic E-state index is 11.7. The summed E-state index contributed by atoms with van der Waals surface area (Å²) < 4.78 is 0. The molecule has 0 saturated heterocycles. The lowest BCUT2D eigenvalue weighted by atomic mass is 10.2. The van der Waals surface area contributed by atoms with Gasteiger partial charge in [-0.1, -0.05) is 57.4 Å². The van der Waals surface area contributed by atoms with Crippen molar-refractivity contribution in [3.63, 3.8) is 0 Å². The van der Waals surface area contributed by atoms with Gasteiger partial charge in [0.1, 0.15) is 0 Å². The van der Waals surface area contributed by atoms with Gasteiger partial charge in [0.2, 0.25) is 0 Å². The molecule has 2 heteroatoms. The van der Waals surface area contributed by atoms with E-state index in [1.165, 1.54) is 6.08 Å². The van der Waals surface area contributed by atoms with E-state index in [0.29, 0.717) is 5.57 Å². The number of allylic oxidation sites excluding steroid dienone is 2. The molecule has 0 fully saturated rings. The Hall–Kier alpha value is -2.09. The molecule has 0 aromatic heterocycles. The van der Waals surface area contributed by atoms with Crippen molar-refractivity contribution in [1.82, 2.24) is 0 Å². The Labute approximate surface area is 110 Å². The van der Waals surface area contributed by atoms with E-state index >= 15 is 0 Å². The van der Waals surface area contributed by atoms with Crippen molar-refractivity contribution in [3.05, 3.63) is 66.8 Å². The van der Waals surface area contributed by atoms with Gasteiger partial charge in [-0.05, 0) is 24.6 Å². The summed E-state index contributed by atoms with van der Waals surface area (Å²) in [5.74, 6) is -0.180. The first-order valence-electron chi connectivity index (χ1n) is 6.00. The van der Waals surface area contributed by atoms with Crippen LogP contribution < -0.4 is 5.32 Å². The van der Waals surface area contributed by atoms with Crippen LogP contribution in [0.15, 0.2) is 61.2 Å². The van der Waals surface area contributed by atoms with E-state index in [2.05, 4.69) is 18.5 Å². The number of rotatable bonds is 4. The Kier molecular flexibility index (Phi) is 7.95. The molecule has 1 N–H and O–H groups in total. The minimum atomic E-state index is -0.180. The molecule has 0 bridgehead atoms. The summed E-state index contributed by atoms with van der Waals surface area (Å²) in [4.78, 5) is 11.7. The topological polar surface area (TPSA) is 29.1 Å². The molecule has 0 aliphatic rings.